The molecule has 3 atom stereocenters. The maximum absolute atomic E-state index is 13.5. The van der Waals surface area contributed by atoms with Gasteiger partial charge in [0.15, 0.2) is 0 Å². The summed E-state index contributed by atoms with van der Waals surface area (Å²) in [6.07, 6.45) is 7.98. The zero-order chi connectivity index (χ0) is 19.4. The van der Waals surface area contributed by atoms with Crippen molar-refractivity contribution in [2.45, 2.75) is 45.2 Å². The Hall–Kier alpha value is -1.50. The highest BCUT2D eigenvalue weighted by Gasteiger charge is 2.52. The summed E-state index contributed by atoms with van der Waals surface area (Å²) < 4.78 is 5.54. The van der Waals surface area contributed by atoms with Crippen molar-refractivity contribution >= 4 is 5.91 Å². The van der Waals surface area contributed by atoms with Crippen molar-refractivity contribution in [2.75, 3.05) is 45.9 Å². The van der Waals surface area contributed by atoms with E-state index >= 15 is 0 Å². The summed E-state index contributed by atoms with van der Waals surface area (Å²) in [6.45, 7) is 9.64. The summed E-state index contributed by atoms with van der Waals surface area (Å²) in [5.74, 6) is 0.738. The van der Waals surface area contributed by atoms with Gasteiger partial charge < -0.3 is 15.0 Å². The van der Waals surface area contributed by atoms with Crippen molar-refractivity contribution in [3.8, 4) is 0 Å². The van der Waals surface area contributed by atoms with Gasteiger partial charge in [0.25, 0.3) is 0 Å². The van der Waals surface area contributed by atoms with Crippen molar-refractivity contribution in [1.82, 2.24) is 20.1 Å². The number of hydrogen-bond donors (Lipinski definition) is 1. The Bertz CT molecular complexity index is 649. The quantitative estimate of drug-likeness (QED) is 0.838. The molecule has 2 saturated heterocycles. The number of aromatic nitrogens is 1. The first-order valence-electron chi connectivity index (χ1n) is 10.9. The van der Waals surface area contributed by atoms with Gasteiger partial charge in [-0.3, -0.25) is 14.7 Å². The predicted molar refractivity (Wildman–Crippen MR) is 109 cm³/mol. The molecule has 154 valence electrons. The molecule has 0 bridgehead atoms. The second kappa shape index (κ2) is 8.89. The lowest BCUT2D eigenvalue weighted by Crippen LogP contribution is -2.60. The van der Waals surface area contributed by atoms with Gasteiger partial charge in [-0.05, 0) is 62.4 Å². The molecule has 1 aliphatic carbocycles. The van der Waals surface area contributed by atoms with Crippen LogP contribution in [0.25, 0.3) is 0 Å². The molecule has 1 aromatic heterocycles. The van der Waals surface area contributed by atoms with Crippen LogP contribution in [0.4, 0.5) is 0 Å². The number of rotatable bonds is 5. The molecule has 0 unspecified atom stereocenters. The average Bonchev–Trinajstić information content (AvgIpc) is 2.77. The standard InChI is InChI=1S/C22H34N4O2/c1-2-25-10-6-19-15-20(26-11-13-28-14-12-26)3-7-22(19,17-25)21(27)24-16-18-4-8-23-9-5-18/h4-5,8-9,19-20H,2-3,6-7,10-17H2,1H3,(H,24,27)/t19-,20+,22-/m1/s1. The number of hydrogen-bond acceptors (Lipinski definition) is 5. The number of nitrogens with one attached hydrogen (secondary N) is 1. The molecule has 1 aromatic rings. The molecule has 3 heterocycles. The summed E-state index contributed by atoms with van der Waals surface area (Å²) in [4.78, 5) is 22.6. The van der Waals surface area contributed by atoms with E-state index in [1.807, 2.05) is 12.1 Å². The van der Waals surface area contributed by atoms with Gasteiger partial charge in [-0.2, -0.15) is 0 Å². The zero-order valence-corrected chi connectivity index (χ0v) is 17.1. The number of nitrogens with zero attached hydrogens (tertiary/aromatic N) is 3. The number of morpholine rings is 1. The molecule has 1 amide bonds. The molecule has 1 saturated carbocycles. The van der Waals surface area contributed by atoms with Gasteiger partial charge in [0.1, 0.15) is 0 Å². The second-order valence-corrected chi connectivity index (χ2v) is 8.63. The summed E-state index contributed by atoms with van der Waals surface area (Å²) in [6, 6.07) is 4.57. The smallest absolute Gasteiger partial charge is 0.228 e. The van der Waals surface area contributed by atoms with Gasteiger partial charge in [0.05, 0.1) is 18.6 Å². The molecule has 0 aromatic carbocycles. The molecule has 2 aliphatic heterocycles. The summed E-state index contributed by atoms with van der Waals surface area (Å²) in [5.41, 5.74) is 0.880. The first kappa shape index (κ1) is 19.8. The second-order valence-electron chi connectivity index (χ2n) is 8.63. The van der Waals surface area contributed by atoms with Gasteiger partial charge in [0, 0.05) is 44.6 Å². The van der Waals surface area contributed by atoms with Crippen LogP contribution in [0.1, 0.15) is 38.2 Å². The lowest BCUT2D eigenvalue weighted by atomic mass is 9.61. The fourth-order valence-corrected chi connectivity index (χ4v) is 5.49. The van der Waals surface area contributed by atoms with Crippen LogP contribution < -0.4 is 5.32 Å². The Morgan fingerprint density at radius 1 is 1.25 bits per heavy atom. The summed E-state index contributed by atoms with van der Waals surface area (Å²) in [5, 5.41) is 3.27. The molecule has 3 fully saturated rings. The average molecular weight is 387 g/mol. The molecular weight excluding hydrogens is 352 g/mol. The third-order valence-electron chi connectivity index (χ3n) is 7.23. The van der Waals surface area contributed by atoms with E-state index in [0.717, 1.165) is 77.2 Å². The van der Waals surface area contributed by atoms with Crippen molar-refractivity contribution in [3.05, 3.63) is 30.1 Å². The molecule has 4 rings (SSSR count). The highest BCUT2D eigenvalue weighted by atomic mass is 16.5. The van der Waals surface area contributed by atoms with E-state index in [1.165, 1.54) is 0 Å². The van der Waals surface area contributed by atoms with Crippen LogP contribution in [0, 0.1) is 11.3 Å². The molecule has 0 spiro atoms. The van der Waals surface area contributed by atoms with E-state index < -0.39 is 0 Å². The lowest BCUT2D eigenvalue weighted by Gasteiger charge is -2.53. The van der Waals surface area contributed by atoms with Crippen LogP contribution in [0.3, 0.4) is 0 Å². The van der Waals surface area contributed by atoms with E-state index in [2.05, 4.69) is 27.0 Å². The van der Waals surface area contributed by atoms with Crippen LogP contribution in [0.15, 0.2) is 24.5 Å². The normalized spacial score (nSPS) is 31.9. The van der Waals surface area contributed by atoms with Crippen molar-refractivity contribution < 1.29 is 9.53 Å². The number of carbonyl (C=O) groups excluding carboxylic acids is 1. The van der Waals surface area contributed by atoms with Crippen molar-refractivity contribution in [3.63, 3.8) is 0 Å². The van der Waals surface area contributed by atoms with Crippen LogP contribution in [-0.4, -0.2) is 72.7 Å². The fourth-order valence-electron chi connectivity index (χ4n) is 5.49. The van der Waals surface area contributed by atoms with E-state index in [0.29, 0.717) is 18.5 Å². The predicted octanol–water partition coefficient (Wildman–Crippen LogP) is 1.91. The highest BCUT2D eigenvalue weighted by Crippen LogP contribution is 2.47. The van der Waals surface area contributed by atoms with Gasteiger partial charge in [-0.1, -0.05) is 6.92 Å². The van der Waals surface area contributed by atoms with Crippen LogP contribution in [-0.2, 0) is 16.1 Å². The van der Waals surface area contributed by atoms with E-state index in [4.69, 9.17) is 4.74 Å². The largest absolute Gasteiger partial charge is 0.379 e. The first-order valence-corrected chi connectivity index (χ1v) is 10.9. The van der Waals surface area contributed by atoms with E-state index in [1.54, 1.807) is 12.4 Å². The number of likely N-dealkylation sites (tertiary alicyclic amines) is 1. The summed E-state index contributed by atoms with van der Waals surface area (Å²) in [7, 11) is 0. The van der Waals surface area contributed by atoms with Crippen molar-refractivity contribution in [2.24, 2.45) is 11.3 Å². The maximum Gasteiger partial charge on any atom is 0.228 e. The van der Waals surface area contributed by atoms with Crippen LogP contribution in [0.5, 0.6) is 0 Å². The molecular formula is C22H34N4O2. The Morgan fingerprint density at radius 3 is 2.79 bits per heavy atom. The minimum absolute atomic E-state index is 0.232. The minimum Gasteiger partial charge on any atom is -0.379 e. The number of amides is 1. The Kier molecular flexibility index (Phi) is 6.28. The van der Waals surface area contributed by atoms with Gasteiger partial charge >= 0.3 is 0 Å². The Labute approximate surface area is 168 Å². The molecule has 6 heteroatoms. The third kappa shape index (κ3) is 4.09. The van der Waals surface area contributed by atoms with Gasteiger partial charge in [-0.15, -0.1) is 0 Å². The Morgan fingerprint density at radius 2 is 2.04 bits per heavy atom. The summed E-state index contributed by atoms with van der Waals surface area (Å²) >= 11 is 0. The molecule has 3 aliphatic rings. The minimum atomic E-state index is -0.232. The zero-order valence-electron chi connectivity index (χ0n) is 17.1. The number of ether oxygens (including phenoxy) is 1. The fraction of sp³-hybridized carbons (Fsp3) is 0.727. The topological polar surface area (TPSA) is 57.7 Å². The number of piperidine rings is 1. The van der Waals surface area contributed by atoms with Gasteiger partial charge in [-0.25, -0.2) is 0 Å². The molecule has 1 N–H and O–H groups in total. The van der Waals surface area contributed by atoms with Gasteiger partial charge in [0.2, 0.25) is 5.91 Å². The molecule has 0 radical (unpaired) electrons. The molecule has 28 heavy (non-hydrogen) atoms. The number of fused-ring (bicyclic) bond motifs is 1. The van der Waals surface area contributed by atoms with Crippen molar-refractivity contribution in [1.29, 1.82) is 0 Å². The Balaban J connectivity index is 1.46. The lowest BCUT2D eigenvalue weighted by molar-refractivity contribution is -0.145. The monoisotopic (exact) mass is 386 g/mol. The molecule has 6 nitrogen and oxygen atoms in total. The van der Waals surface area contributed by atoms with E-state index in [-0.39, 0.29) is 11.3 Å². The first-order chi connectivity index (χ1) is 13.7. The number of pyridine rings is 1. The highest BCUT2D eigenvalue weighted by molar-refractivity contribution is 5.83. The van der Waals surface area contributed by atoms with Crippen LogP contribution >= 0.6 is 0 Å². The van der Waals surface area contributed by atoms with Crippen LogP contribution in [0.2, 0.25) is 0 Å². The van der Waals surface area contributed by atoms with E-state index in [9.17, 15) is 4.79 Å². The third-order valence-corrected chi connectivity index (χ3v) is 7.23. The maximum atomic E-state index is 13.5. The number of carbonyl (C=O) groups is 1. The SMILES string of the molecule is CCN1CC[C@@H]2C[C@@H](N3CCOCC3)CC[C@@]2(C(=O)NCc2ccncc2)C1.